The van der Waals surface area contributed by atoms with Crippen LogP contribution in [0.5, 0.6) is 0 Å². The van der Waals surface area contributed by atoms with Crippen molar-refractivity contribution >= 4 is 5.91 Å². The largest absolute Gasteiger partial charge is 0.393 e. The highest BCUT2D eigenvalue weighted by molar-refractivity contribution is 5.75. The molecule has 0 aromatic rings. The molecule has 2 N–H and O–H groups in total. The molecule has 30 heavy (non-hydrogen) atoms. The third kappa shape index (κ3) is 3.45. The van der Waals surface area contributed by atoms with Crippen LogP contribution < -0.4 is 0 Å². The molecule has 4 fully saturated rings. The molecule has 0 spiro atoms. The van der Waals surface area contributed by atoms with Gasteiger partial charge in [-0.25, -0.2) is 0 Å². The van der Waals surface area contributed by atoms with Gasteiger partial charge in [-0.3, -0.25) is 4.79 Å². The highest BCUT2D eigenvalue weighted by Gasteiger charge is 2.63. The third-order valence-electron chi connectivity index (χ3n) is 10.8. The van der Waals surface area contributed by atoms with Crippen LogP contribution in [0.15, 0.2) is 0 Å². The summed E-state index contributed by atoms with van der Waals surface area (Å²) >= 11 is 0. The number of hydrogen-bond donors (Lipinski definition) is 2. The lowest BCUT2D eigenvalue weighted by Gasteiger charge is -2.62. The molecule has 1 amide bonds. The Labute approximate surface area is 183 Å². The van der Waals surface area contributed by atoms with E-state index in [9.17, 15) is 15.0 Å². The van der Waals surface area contributed by atoms with Crippen molar-refractivity contribution in [3.05, 3.63) is 0 Å². The maximum Gasteiger partial charge on any atom is 0.222 e. The van der Waals surface area contributed by atoms with Crippen LogP contribution in [0, 0.1) is 46.3 Å². The second-order valence-corrected chi connectivity index (χ2v) is 12.2. The molecular formula is C26H45NO3. The molecular weight excluding hydrogens is 374 g/mol. The summed E-state index contributed by atoms with van der Waals surface area (Å²) in [6.45, 7) is 7.19. The molecule has 10 atom stereocenters. The first kappa shape index (κ1) is 22.6. The van der Waals surface area contributed by atoms with Gasteiger partial charge in [-0.15, -0.1) is 0 Å². The third-order valence-corrected chi connectivity index (χ3v) is 10.8. The molecule has 4 aliphatic carbocycles. The van der Waals surface area contributed by atoms with E-state index in [1.54, 1.807) is 4.90 Å². The van der Waals surface area contributed by atoms with Crippen molar-refractivity contribution in [1.82, 2.24) is 4.90 Å². The Morgan fingerprint density at radius 1 is 1.03 bits per heavy atom. The van der Waals surface area contributed by atoms with Gasteiger partial charge in [0.2, 0.25) is 5.91 Å². The van der Waals surface area contributed by atoms with E-state index in [1.807, 2.05) is 14.1 Å². The van der Waals surface area contributed by atoms with E-state index in [-0.39, 0.29) is 23.5 Å². The van der Waals surface area contributed by atoms with Crippen molar-refractivity contribution in [3.8, 4) is 0 Å². The zero-order valence-electron chi connectivity index (χ0n) is 19.9. The van der Waals surface area contributed by atoms with E-state index in [0.29, 0.717) is 41.4 Å². The average Bonchev–Trinajstić information content (AvgIpc) is 3.06. The standard InChI is InChI=1S/C26H45NO3/c1-16(6-11-24(30)27(4)5)20-9-10-21-19-8-7-17-14-18(28)12-13-25(17,2)22(19)15-23(29)26(20,21)3/h16-23,28-29H,6-15H2,1-5H3/t16-,17?,18-,19+,20-,21+,22+,23+,25+,26-/m1/s1. The van der Waals surface area contributed by atoms with Crippen LogP contribution in [0.4, 0.5) is 0 Å². The second-order valence-electron chi connectivity index (χ2n) is 12.2. The number of aliphatic hydroxyl groups is 2. The summed E-state index contributed by atoms with van der Waals surface area (Å²) in [6, 6.07) is 0. The quantitative estimate of drug-likeness (QED) is 0.706. The van der Waals surface area contributed by atoms with E-state index in [2.05, 4.69) is 20.8 Å². The number of amides is 1. The molecule has 4 saturated carbocycles. The molecule has 4 heteroatoms. The summed E-state index contributed by atoms with van der Waals surface area (Å²) in [4.78, 5) is 13.8. The van der Waals surface area contributed by atoms with Gasteiger partial charge in [0.05, 0.1) is 12.2 Å². The molecule has 1 unspecified atom stereocenters. The normalized spacial score (nSPS) is 49.0. The number of hydrogen-bond acceptors (Lipinski definition) is 3. The van der Waals surface area contributed by atoms with Gasteiger partial charge in [0.25, 0.3) is 0 Å². The van der Waals surface area contributed by atoms with E-state index in [4.69, 9.17) is 0 Å². The van der Waals surface area contributed by atoms with Crippen molar-refractivity contribution in [2.45, 2.75) is 97.2 Å². The van der Waals surface area contributed by atoms with Gasteiger partial charge in [-0.05, 0) is 104 Å². The van der Waals surface area contributed by atoms with Crippen LogP contribution in [0.2, 0.25) is 0 Å². The van der Waals surface area contributed by atoms with Gasteiger partial charge in [-0.1, -0.05) is 20.8 Å². The molecule has 4 rings (SSSR count). The van der Waals surface area contributed by atoms with E-state index in [1.165, 1.54) is 25.7 Å². The summed E-state index contributed by atoms with van der Waals surface area (Å²) in [6.07, 6.45) is 10.2. The van der Waals surface area contributed by atoms with Crippen LogP contribution in [0.3, 0.4) is 0 Å². The number of carbonyl (C=O) groups excluding carboxylic acids is 1. The molecule has 0 aromatic heterocycles. The molecule has 0 aromatic carbocycles. The lowest BCUT2D eigenvalue weighted by molar-refractivity contribution is -0.175. The van der Waals surface area contributed by atoms with Crippen molar-refractivity contribution in [1.29, 1.82) is 0 Å². The molecule has 0 bridgehead atoms. The SMILES string of the molecule is C[C@H](CCC(=O)N(C)C)[C@H]1CC[C@H]2[C@@H]3CCC4C[C@H](O)CC[C@]4(C)[C@H]3C[C@H](O)[C@]12C. The number of aliphatic hydroxyl groups excluding tert-OH is 2. The first-order valence-corrected chi connectivity index (χ1v) is 12.6. The molecule has 0 aliphatic heterocycles. The fourth-order valence-electron chi connectivity index (χ4n) is 8.94. The van der Waals surface area contributed by atoms with E-state index < -0.39 is 0 Å². The van der Waals surface area contributed by atoms with Gasteiger partial charge in [-0.2, -0.15) is 0 Å². The summed E-state index contributed by atoms with van der Waals surface area (Å²) < 4.78 is 0. The Hall–Kier alpha value is -0.610. The predicted octanol–water partition coefficient (Wildman–Crippen LogP) is 4.48. The van der Waals surface area contributed by atoms with Crippen molar-refractivity contribution in [2.75, 3.05) is 14.1 Å². The smallest absolute Gasteiger partial charge is 0.222 e. The van der Waals surface area contributed by atoms with Crippen molar-refractivity contribution in [2.24, 2.45) is 46.3 Å². The Morgan fingerprint density at radius 2 is 1.77 bits per heavy atom. The van der Waals surface area contributed by atoms with Crippen molar-refractivity contribution in [3.63, 3.8) is 0 Å². The zero-order valence-corrected chi connectivity index (χ0v) is 19.9. The minimum Gasteiger partial charge on any atom is -0.393 e. The Morgan fingerprint density at radius 3 is 2.47 bits per heavy atom. The number of nitrogens with zero attached hydrogens (tertiary/aromatic N) is 1. The highest BCUT2D eigenvalue weighted by Crippen LogP contribution is 2.68. The second kappa shape index (κ2) is 8.06. The lowest BCUT2D eigenvalue weighted by atomic mass is 9.43. The summed E-state index contributed by atoms with van der Waals surface area (Å²) in [5.41, 5.74) is 0.297. The minimum absolute atomic E-state index is 0.000868. The van der Waals surface area contributed by atoms with Crippen LogP contribution in [-0.4, -0.2) is 47.3 Å². The number of fused-ring (bicyclic) bond motifs is 5. The van der Waals surface area contributed by atoms with Gasteiger partial charge in [0.1, 0.15) is 0 Å². The van der Waals surface area contributed by atoms with Crippen LogP contribution in [0.25, 0.3) is 0 Å². The Kier molecular flexibility index (Phi) is 6.07. The van der Waals surface area contributed by atoms with Crippen LogP contribution in [0.1, 0.15) is 85.0 Å². The topological polar surface area (TPSA) is 60.8 Å². The van der Waals surface area contributed by atoms with Gasteiger partial charge in [0, 0.05) is 20.5 Å². The Balaban J connectivity index is 1.52. The maximum atomic E-state index is 12.1. The number of rotatable bonds is 4. The van der Waals surface area contributed by atoms with Gasteiger partial charge >= 0.3 is 0 Å². The fraction of sp³-hybridized carbons (Fsp3) is 0.962. The predicted molar refractivity (Wildman–Crippen MR) is 120 cm³/mol. The average molecular weight is 420 g/mol. The maximum absolute atomic E-state index is 12.1. The van der Waals surface area contributed by atoms with Gasteiger partial charge in [0.15, 0.2) is 0 Å². The summed E-state index contributed by atoms with van der Waals surface area (Å²) in [7, 11) is 3.68. The highest BCUT2D eigenvalue weighted by atomic mass is 16.3. The van der Waals surface area contributed by atoms with Gasteiger partial charge < -0.3 is 15.1 Å². The zero-order chi connectivity index (χ0) is 21.8. The van der Waals surface area contributed by atoms with Crippen LogP contribution in [-0.2, 0) is 4.79 Å². The van der Waals surface area contributed by atoms with Crippen LogP contribution >= 0.6 is 0 Å². The molecule has 4 nitrogen and oxygen atoms in total. The van der Waals surface area contributed by atoms with E-state index >= 15 is 0 Å². The van der Waals surface area contributed by atoms with Crippen molar-refractivity contribution < 1.29 is 15.0 Å². The summed E-state index contributed by atoms with van der Waals surface area (Å²) in [5, 5.41) is 21.8. The minimum atomic E-state index is -0.231. The molecule has 0 radical (unpaired) electrons. The molecule has 4 aliphatic rings. The number of carbonyl (C=O) groups is 1. The lowest BCUT2D eigenvalue weighted by Crippen LogP contribution is -2.58. The first-order chi connectivity index (χ1) is 14.1. The van der Waals surface area contributed by atoms with E-state index in [0.717, 1.165) is 38.0 Å². The fourth-order valence-corrected chi connectivity index (χ4v) is 8.94. The molecule has 0 saturated heterocycles. The summed E-state index contributed by atoms with van der Waals surface area (Å²) in [5.74, 6) is 3.81. The molecule has 172 valence electrons. The monoisotopic (exact) mass is 419 g/mol. The molecule has 0 heterocycles. The first-order valence-electron chi connectivity index (χ1n) is 12.6. The Bertz CT molecular complexity index is 650.